The predicted octanol–water partition coefficient (Wildman–Crippen LogP) is 1.99. The Balaban J connectivity index is 5.65. The maximum atomic E-state index is 13.0. The Hall–Kier alpha value is -3.04. The Kier molecular flexibility index (Phi) is 10.5. The van der Waals surface area contributed by atoms with Crippen LogP contribution in [0.15, 0.2) is 38.0 Å². The minimum Gasteiger partial charge on any atom is -0.464 e. The van der Waals surface area contributed by atoms with Gasteiger partial charge in [-0.3, -0.25) is 4.79 Å². The molecule has 0 bridgehead atoms. The van der Waals surface area contributed by atoms with Crippen molar-refractivity contribution in [3.8, 4) is 0 Å². The van der Waals surface area contributed by atoms with E-state index in [0.717, 1.165) is 32.1 Å². The summed E-state index contributed by atoms with van der Waals surface area (Å²) >= 11 is 0. The summed E-state index contributed by atoms with van der Waals surface area (Å²) in [6.07, 6.45) is -0.466. The Morgan fingerprint density at radius 3 is 1.34 bits per heavy atom. The van der Waals surface area contributed by atoms with E-state index in [1.54, 1.807) is 0 Å². The third-order valence-electron chi connectivity index (χ3n) is 3.64. The SMILES string of the molecule is C=CC(=O)OCC(COC(=O)C=C)(COC(=O)C=C)COC(=O)C(C)(C)C(F)F. The number of carbonyl (C=O) groups is 4. The van der Waals surface area contributed by atoms with Gasteiger partial charge in [0.2, 0.25) is 0 Å². The molecule has 0 fully saturated rings. The van der Waals surface area contributed by atoms with Crippen molar-refractivity contribution in [3.05, 3.63) is 38.0 Å². The zero-order valence-electron chi connectivity index (χ0n) is 16.3. The molecule has 0 amide bonds. The monoisotopic (exact) mass is 418 g/mol. The van der Waals surface area contributed by atoms with Crippen LogP contribution in [-0.2, 0) is 38.1 Å². The molecule has 0 N–H and O–H groups in total. The lowest BCUT2D eigenvalue weighted by Crippen LogP contribution is -2.45. The average Bonchev–Trinajstić information content (AvgIpc) is 2.70. The normalized spacial score (nSPS) is 11.2. The maximum Gasteiger partial charge on any atom is 0.330 e. The Labute approximate surface area is 167 Å². The van der Waals surface area contributed by atoms with Crippen LogP contribution in [0.3, 0.4) is 0 Å². The summed E-state index contributed by atoms with van der Waals surface area (Å²) in [6.45, 7) is 9.32. The first-order chi connectivity index (χ1) is 13.4. The molecule has 0 saturated heterocycles. The molecule has 0 spiro atoms. The third kappa shape index (κ3) is 8.67. The average molecular weight is 418 g/mol. The number of rotatable bonds is 13. The zero-order valence-corrected chi connectivity index (χ0v) is 16.3. The topological polar surface area (TPSA) is 105 Å². The van der Waals surface area contributed by atoms with Crippen LogP contribution < -0.4 is 0 Å². The van der Waals surface area contributed by atoms with Crippen molar-refractivity contribution in [2.75, 3.05) is 26.4 Å². The number of esters is 4. The number of hydrogen-bond donors (Lipinski definition) is 0. The fraction of sp³-hybridized carbons (Fsp3) is 0.474. The smallest absolute Gasteiger partial charge is 0.330 e. The van der Waals surface area contributed by atoms with Crippen molar-refractivity contribution in [3.63, 3.8) is 0 Å². The highest BCUT2D eigenvalue weighted by Crippen LogP contribution is 2.28. The quantitative estimate of drug-likeness (QED) is 0.254. The fourth-order valence-electron chi connectivity index (χ4n) is 1.59. The molecule has 8 nitrogen and oxygen atoms in total. The van der Waals surface area contributed by atoms with Crippen molar-refractivity contribution in [2.24, 2.45) is 10.8 Å². The second-order valence-corrected chi connectivity index (χ2v) is 6.53. The van der Waals surface area contributed by atoms with Gasteiger partial charge in [-0.15, -0.1) is 0 Å². The van der Waals surface area contributed by atoms with Crippen molar-refractivity contribution in [1.29, 1.82) is 0 Å². The molecule has 0 aromatic heterocycles. The number of ether oxygens (including phenoxy) is 4. The highest BCUT2D eigenvalue weighted by molar-refractivity contribution is 5.82. The first-order valence-electron chi connectivity index (χ1n) is 8.27. The van der Waals surface area contributed by atoms with Gasteiger partial charge in [0.25, 0.3) is 6.43 Å². The van der Waals surface area contributed by atoms with E-state index in [-0.39, 0.29) is 0 Å². The molecule has 0 atom stereocenters. The van der Waals surface area contributed by atoms with Gasteiger partial charge in [0.05, 0.1) is 0 Å². The minimum absolute atomic E-state index is 0.547. The van der Waals surface area contributed by atoms with Gasteiger partial charge in [0, 0.05) is 18.2 Å². The van der Waals surface area contributed by atoms with Crippen LogP contribution in [0.1, 0.15) is 13.8 Å². The Morgan fingerprint density at radius 1 is 0.759 bits per heavy atom. The van der Waals surface area contributed by atoms with Crippen molar-refractivity contribution >= 4 is 23.9 Å². The summed E-state index contributed by atoms with van der Waals surface area (Å²) in [6, 6.07) is 0. The summed E-state index contributed by atoms with van der Waals surface area (Å²) in [5.41, 5.74) is -3.71. The van der Waals surface area contributed by atoms with E-state index in [1.165, 1.54) is 0 Å². The summed E-state index contributed by atoms with van der Waals surface area (Å²) in [4.78, 5) is 46.4. The van der Waals surface area contributed by atoms with Crippen LogP contribution in [0.5, 0.6) is 0 Å². The molecule has 0 aromatic carbocycles. The van der Waals surface area contributed by atoms with Crippen molar-refractivity contribution < 1.29 is 46.9 Å². The van der Waals surface area contributed by atoms with E-state index in [2.05, 4.69) is 19.7 Å². The van der Waals surface area contributed by atoms with Gasteiger partial charge in [0.1, 0.15) is 37.3 Å². The lowest BCUT2D eigenvalue weighted by molar-refractivity contribution is -0.176. The number of carbonyl (C=O) groups excluding carboxylic acids is 4. The second-order valence-electron chi connectivity index (χ2n) is 6.53. The van der Waals surface area contributed by atoms with E-state index < -0.39 is 67.6 Å². The lowest BCUT2D eigenvalue weighted by Gasteiger charge is -2.32. The first-order valence-corrected chi connectivity index (χ1v) is 8.27. The molecule has 0 aromatic rings. The van der Waals surface area contributed by atoms with E-state index in [9.17, 15) is 28.0 Å². The van der Waals surface area contributed by atoms with Crippen LogP contribution in [0.25, 0.3) is 0 Å². The second kappa shape index (κ2) is 11.7. The summed E-state index contributed by atoms with van der Waals surface area (Å²) < 4.78 is 45.8. The molecular weight excluding hydrogens is 394 g/mol. The lowest BCUT2D eigenvalue weighted by atomic mass is 9.91. The summed E-state index contributed by atoms with van der Waals surface area (Å²) in [5, 5.41) is 0. The fourth-order valence-corrected chi connectivity index (χ4v) is 1.59. The zero-order chi connectivity index (χ0) is 22.7. The molecule has 0 saturated carbocycles. The van der Waals surface area contributed by atoms with E-state index >= 15 is 0 Å². The first kappa shape index (κ1) is 26.0. The van der Waals surface area contributed by atoms with Gasteiger partial charge in [0.15, 0.2) is 0 Å². The summed E-state index contributed by atoms with van der Waals surface area (Å²) in [5.74, 6) is -3.84. The van der Waals surface area contributed by atoms with Crippen molar-refractivity contribution in [2.45, 2.75) is 20.3 Å². The van der Waals surface area contributed by atoms with Crippen LogP contribution >= 0.6 is 0 Å². The number of halogens is 2. The molecule has 0 radical (unpaired) electrons. The van der Waals surface area contributed by atoms with Crippen LogP contribution in [0.2, 0.25) is 0 Å². The molecule has 29 heavy (non-hydrogen) atoms. The highest BCUT2D eigenvalue weighted by atomic mass is 19.3. The molecule has 0 aliphatic heterocycles. The standard InChI is InChI=1S/C19H24F2O8/c1-6-13(22)26-9-19(10-27-14(23)7-2,11-28-15(24)8-3)12-29-17(25)18(4,5)16(20)21/h6-8,16H,1-3,9-12H2,4-5H3. The van der Waals surface area contributed by atoms with E-state index in [0.29, 0.717) is 0 Å². The van der Waals surface area contributed by atoms with Crippen LogP contribution in [-0.4, -0.2) is 56.7 Å². The largest absolute Gasteiger partial charge is 0.464 e. The molecule has 162 valence electrons. The molecule has 0 rings (SSSR count). The molecule has 0 heterocycles. The van der Waals surface area contributed by atoms with E-state index in [1.807, 2.05) is 0 Å². The molecule has 0 aliphatic rings. The van der Waals surface area contributed by atoms with Crippen LogP contribution in [0.4, 0.5) is 8.78 Å². The number of alkyl halides is 2. The predicted molar refractivity (Wildman–Crippen MR) is 96.6 cm³/mol. The van der Waals surface area contributed by atoms with Crippen molar-refractivity contribution in [1.82, 2.24) is 0 Å². The van der Waals surface area contributed by atoms with Gasteiger partial charge < -0.3 is 18.9 Å². The molecule has 0 unspecified atom stereocenters. The Morgan fingerprint density at radius 2 is 1.07 bits per heavy atom. The Bertz CT molecular complexity index is 595. The van der Waals surface area contributed by atoms with Gasteiger partial charge in [-0.1, -0.05) is 19.7 Å². The number of hydrogen-bond acceptors (Lipinski definition) is 8. The highest BCUT2D eigenvalue weighted by Gasteiger charge is 2.43. The van der Waals surface area contributed by atoms with Gasteiger partial charge in [-0.25, -0.2) is 23.2 Å². The third-order valence-corrected chi connectivity index (χ3v) is 3.64. The van der Waals surface area contributed by atoms with Crippen LogP contribution in [0, 0.1) is 10.8 Å². The summed E-state index contributed by atoms with van der Waals surface area (Å²) in [7, 11) is 0. The molecular formula is C19H24F2O8. The van der Waals surface area contributed by atoms with Gasteiger partial charge in [-0.2, -0.15) is 0 Å². The molecule has 0 aliphatic carbocycles. The van der Waals surface area contributed by atoms with E-state index in [4.69, 9.17) is 18.9 Å². The minimum atomic E-state index is -3.01. The maximum absolute atomic E-state index is 13.0. The molecule has 10 heteroatoms. The van der Waals surface area contributed by atoms with Gasteiger partial charge >= 0.3 is 23.9 Å². The van der Waals surface area contributed by atoms with Gasteiger partial charge in [-0.05, 0) is 13.8 Å².